The van der Waals surface area contributed by atoms with Gasteiger partial charge in [0.15, 0.2) is 0 Å². The van der Waals surface area contributed by atoms with E-state index in [1.54, 1.807) is 12.1 Å². The van der Waals surface area contributed by atoms with E-state index < -0.39 is 0 Å². The summed E-state index contributed by atoms with van der Waals surface area (Å²) >= 11 is 0. The summed E-state index contributed by atoms with van der Waals surface area (Å²) in [7, 11) is 0. The van der Waals surface area contributed by atoms with Crippen molar-refractivity contribution in [3.63, 3.8) is 0 Å². The fraction of sp³-hybridized carbons (Fsp3) is 0.562. The van der Waals surface area contributed by atoms with Gasteiger partial charge in [0.2, 0.25) is 0 Å². The Morgan fingerprint density at radius 1 is 1.06 bits per heavy atom. The highest BCUT2D eigenvalue weighted by Crippen LogP contribution is 2.26. The number of ether oxygens (including phenoxy) is 1. The highest BCUT2D eigenvalue weighted by molar-refractivity contribution is 5.89. The molecule has 1 aliphatic rings. The molecule has 1 aliphatic carbocycles. The third-order valence-corrected chi connectivity index (χ3v) is 3.25. The van der Waals surface area contributed by atoms with Gasteiger partial charge in [0.1, 0.15) is 6.10 Å². The Balaban J connectivity index is 0.000000771. The van der Waals surface area contributed by atoms with Crippen molar-refractivity contribution >= 4 is 5.97 Å². The van der Waals surface area contributed by atoms with Gasteiger partial charge in [-0.2, -0.15) is 0 Å². The fourth-order valence-electron chi connectivity index (χ4n) is 2.14. The van der Waals surface area contributed by atoms with Gasteiger partial charge in [-0.05, 0) is 43.7 Å². The highest BCUT2D eigenvalue weighted by atomic mass is 16.5. The number of carbonyl (C=O) groups is 1. The molecule has 0 heterocycles. The average Bonchev–Trinajstić information content (AvgIpc) is 2.44. The van der Waals surface area contributed by atoms with E-state index in [1.165, 1.54) is 12.8 Å². The predicted octanol–water partition coefficient (Wildman–Crippen LogP) is 4.45. The first kappa shape index (κ1) is 14.7. The Bertz CT molecular complexity index is 337. The van der Waals surface area contributed by atoms with Gasteiger partial charge in [-0.25, -0.2) is 4.79 Å². The molecule has 0 bridgehead atoms. The van der Waals surface area contributed by atoms with Gasteiger partial charge in [0.05, 0.1) is 5.56 Å². The van der Waals surface area contributed by atoms with Gasteiger partial charge >= 0.3 is 5.97 Å². The zero-order chi connectivity index (χ0) is 13.4. The number of rotatable bonds is 2. The fourth-order valence-corrected chi connectivity index (χ4v) is 2.14. The van der Waals surface area contributed by atoms with Crippen molar-refractivity contribution in [2.24, 2.45) is 5.92 Å². The lowest BCUT2D eigenvalue weighted by Crippen LogP contribution is -2.23. The third-order valence-electron chi connectivity index (χ3n) is 3.25. The van der Waals surface area contributed by atoms with Crippen molar-refractivity contribution in [1.29, 1.82) is 0 Å². The minimum Gasteiger partial charge on any atom is -0.459 e. The van der Waals surface area contributed by atoms with E-state index in [1.807, 2.05) is 32.0 Å². The largest absolute Gasteiger partial charge is 0.459 e. The first-order valence-electron chi connectivity index (χ1n) is 7.01. The number of benzene rings is 1. The smallest absolute Gasteiger partial charge is 0.338 e. The molecule has 0 unspecified atom stereocenters. The molecule has 0 saturated heterocycles. The zero-order valence-corrected chi connectivity index (χ0v) is 11.7. The van der Waals surface area contributed by atoms with Crippen LogP contribution >= 0.6 is 0 Å². The van der Waals surface area contributed by atoms with Gasteiger partial charge in [0.25, 0.3) is 0 Å². The van der Waals surface area contributed by atoms with Crippen molar-refractivity contribution in [3.05, 3.63) is 35.9 Å². The molecule has 2 nitrogen and oxygen atoms in total. The zero-order valence-electron chi connectivity index (χ0n) is 11.7. The summed E-state index contributed by atoms with van der Waals surface area (Å²) in [6.45, 7) is 6.26. The van der Waals surface area contributed by atoms with Crippen LogP contribution in [0.25, 0.3) is 0 Å². The molecule has 0 amide bonds. The van der Waals surface area contributed by atoms with E-state index in [-0.39, 0.29) is 12.1 Å². The molecular weight excluding hydrogens is 224 g/mol. The van der Waals surface area contributed by atoms with Crippen LogP contribution in [0.2, 0.25) is 0 Å². The van der Waals surface area contributed by atoms with Crippen molar-refractivity contribution in [2.75, 3.05) is 0 Å². The van der Waals surface area contributed by atoms with Gasteiger partial charge in [-0.15, -0.1) is 0 Å². The SMILES string of the molecule is CC.CC1CCC(OC(=O)c2ccccc2)CC1. The molecule has 1 saturated carbocycles. The molecule has 2 heteroatoms. The van der Waals surface area contributed by atoms with Crippen molar-refractivity contribution in [2.45, 2.75) is 52.6 Å². The molecule has 0 spiro atoms. The molecular formula is C16H24O2. The van der Waals surface area contributed by atoms with Gasteiger partial charge in [0, 0.05) is 0 Å². The normalized spacial score (nSPS) is 22.6. The molecule has 100 valence electrons. The lowest BCUT2D eigenvalue weighted by Gasteiger charge is -2.25. The summed E-state index contributed by atoms with van der Waals surface area (Å²) in [5, 5.41) is 0. The standard InChI is InChI=1S/C14H18O2.C2H6/c1-11-7-9-13(10-8-11)16-14(15)12-5-3-2-4-6-12;1-2/h2-6,11,13H,7-10H2,1H3;1-2H3. The molecule has 0 atom stereocenters. The summed E-state index contributed by atoms with van der Waals surface area (Å²) in [5.74, 6) is 0.604. The lowest BCUT2D eigenvalue weighted by molar-refractivity contribution is 0.0174. The molecule has 1 fully saturated rings. The van der Waals surface area contributed by atoms with Crippen LogP contribution in [0.4, 0.5) is 0 Å². The van der Waals surface area contributed by atoms with Gasteiger partial charge < -0.3 is 4.74 Å². The first-order chi connectivity index (χ1) is 8.75. The second-order valence-electron chi connectivity index (χ2n) is 4.65. The van der Waals surface area contributed by atoms with E-state index in [9.17, 15) is 4.79 Å². The minimum atomic E-state index is -0.180. The molecule has 18 heavy (non-hydrogen) atoms. The molecule has 0 aliphatic heterocycles. The number of carbonyl (C=O) groups excluding carboxylic acids is 1. The molecule has 2 rings (SSSR count). The minimum absolute atomic E-state index is 0.129. The van der Waals surface area contributed by atoms with Crippen LogP contribution in [0.3, 0.4) is 0 Å². The summed E-state index contributed by atoms with van der Waals surface area (Å²) in [5.41, 5.74) is 0.654. The van der Waals surface area contributed by atoms with E-state index in [0.717, 1.165) is 18.8 Å². The Labute approximate surface area is 110 Å². The molecule has 0 aromatic heterocycles. The Hall–Kier alpha value is -1.31. The second kappa shape index (κ2) is 7.91. The summed E-state index contributed by atoms with van der Waals surface area (Å²) < 4.78 is 5.49. The number of hydrogen-bond donors (Lipinski definition) is 0. The topological polar surface area (TPSA) is 26.3 Å². The van der Waals surface area contributed by atoms with Gasteiger partial charge in [-0.3, -0.25) is 0 Å². The maximum absolute atomic E-state index is 11.8. The Morgan fingerprint density at radius 3 is 2.17 bits per heavy atom. The number of hydrogen-bond acceptors (Lipinski definition) is 2. The maximum atomic E-state index is 11.8. The van der Waals surface area contributed by atoms with Crippen LogP contribution in [-0.2, 0) is 4.74 Å². The third kappa shape index (κ3) is 4.52. The van der Waals surface area contributed by atoms with Crippen LogP contribution in [0, 0.1) is 5.92 Å². The van der Waals surface area contributed by atoms with E-state index in [0.29, 0.717) is 5.56 Å². The predicted molar refractivity (Wildman–Crippen MR) is 74.6 cm³/mol. The van der Waals surface area contributed by atoms with Gasteiger partial charge in [-0.1, -0.05) is 39.0 Å². The molecule has 1 aromatic carbocycles. The summed E-state index contributed by atoms with van der Waals surface area (Å²) in [6.07, 6.45) is 4.50. The van der Waals surface area contributed by atoms with Crippen molar-refractivity contribution < 1.29 is 9.53 Å². The molecule has 0 N–H and O–H groups in total. The van der Waals surface area contributed by atoms with Crippen LogP contribution in [0.15, 0.2) is 30.3 Å². The van der Waals surface area contributed by atoms with Crippen LogP contribution in [0.5, 0.6) is 0 Å². The highest BCUT2D eigenvalue weighted by Gasteiger charge is 2.21. The van der Waals surface area contributed by atoms with Crippen molar-refractivity contribution in [3.8, 4) is 0 Å². The Morgan fingerprint density at radius 2 is 1.61 bits per heavy atom. The quantitative estimate of drug-likeness (QED) is 0.723. The van der Waals surface area contributed by atoms with Crippen LogP contribution in [-0.4, -0.2) is 12.1 Å². The second-order valence-corrected chi connectivity index (χ2v) is 4.65. The number of esters is 1. The monoisotopic (exact) mass is 248 g/mol. The lowest BCUT2D eigenvalue weighted by atomic mass is 9.89. The maximum Gasteiger partial charge on any atom is 0.338 e. The average molecular weight is 248 g/mol. The first-order valence-corrected chi connectivity index (χ1v) is 7.01. The van der Waals surface area contributed by atoms with E-state index in [2.05, 4.69) is 6.92 Å². The van der Waals surface area contributed by atoms with Crippen LogP contribution < -0.4 is 0 Å². The summed E-state index contributed by atoms with van der Waals surface area (Å²) in [6, 6.07) is 9.22. The summed E-state index contributed by atoms with van der Waals surface area (Å²) in [4.78, 5) is 11.8. The molecule has 1 aromatic rings. The Kier molecular flexibility index (Phi) is 6.48. The van der Waals surface area contributed by atoms with E-state index in [4.69, 9.17) is 4.74 Å². The van der Waals surface area contributed by atoms with Crippen LogP contribution in [0.1, 0.15) is 56.8 Å². The molecule has 0 radical (unpaired) electrons. The van der Waals surface area contributed by atoms with Crippen molar-refractivity contribution in [1.82, 2.24) is 0 Å². The van der Waals surface area contributed by atoms with E-state index >= 15 is 0 Å².